The van der Waals surface area contributed by atoms with Crippen LogP contribution in [0, 0.1) is 11.3 Å². The van der Waals surface area contributed by atoms with Crippen molar-refractivity contribution in [3.05, 3.63) is 87.8 Å². The van der Waals surface area contributed by atoms with Gasteiger partial charge in [0.2, 0.25) is 0 Å². The maximum atomic E-state index is 12.9. The van der Waals surface area contributed by atoms with E-state index >= 15 is 0 Å². The average Bonchev–Trinajstić information content (AvgIpc) is 2.69. The van der Waals surface area contributed by atoms with Crippen molar-refractivity contribution in [1.29, 1.82) is 5.26 Å². The van der Waals surface area contributed by atoms with Gasteiger partial charge in [-0.25, -0.2) is 0 Å². The zero-order chi connectivity index (χ0) is 19.0. The molecule has 4 rings (SSSR count). The van der Waals surface area contributed by atoms with E-state index in [-0.39, 0.29) is 5.78 Å². The van der Waals surface area contributed by atoms with Crippen molar-refractivity contribution in [1.82, 2.24) is 0 Å². The smallest absolute Gasteiger partial charge is 0.161 e. The summed E-state index contributed by atoms with van der Waals surface area (Å²) in [4.78, 5) is 14.8. The van der Waals surface area contributed by atoms with Gasteiger partial charge >= 0.3 is 0 Å². The Hall–Kier alpha value is -3.03. The molecule has 1 aliphatic heterocycles. The first-order valence-corrected chi connectivity index (χ1v) is 9.26. The van der Waals surface area contributed by atoms with Gasteiger partial charge in [-0.1, -0.05) is 41.9 Å². The van der Waals surface area contributed by atoms with Crippen LogP contribution in [0.25, 0.3) is 0 Å². The number of allylic oxidation sites excluding steroid dienone is 3. The van der Waals surface area contributed by atoms with Gasteiger partial charge in [0.05, 0.1) is 17.6 Å². The Balaban J connectivity index is 1.96. The molecule has 0 fully saturated rings. The molecule has 0 amide bonds. The topological polar surface area (TPSA) is 70.1 Å². The molecule has 0 saturated heterocycles. The number of benzene rings is 2. The molecular weight excluding hydrogens is 358 g/mol. The van der Waals surface area contributed by atoms with E-state index in [1.807, 2.05) is 47.4 Å². The van der Waals surface area contributed by atoms with Gasteiger partial charge in [0.1, 0.15) is 5.82 Å². The third-order valence-corrected chi connectivity index (χ3v) is 5.38. The molecule has 0 spiro atoms. The summed E-state index contributed by atoms with van der Waals surface area (Å²) in [5, 5.41) is 10.5. The maximum absolute atomic E-state index is 12.9. The van der Waals surface area contributed by atoms with E-state index < -0.39 is 5.92 Å². The van der Waals surface area contributed by atoms with Crippen molar-refractivity contribution in [2.75, 3.05) is 4.90 Å². The largest absolute Gasteiger partial charge is 0.384 e. The van der Waals surface area contributed by atoms with Crippen molar-refractivity contribution in [2.24, 2.45) is 5.73 Å². The van der Waals surface area contributed by atoms with Crippen molar-refractivity contribution < 1.29 is 4.79 Å². The Labute approximate surface area is 163 Å². The summed E-state index contributed by atoms with van der Waals surface area (Å²) in [6.07, 6.45) is 2.02. The number of nitrogens with two attached hydrogens (primary N) is 1. The maximum Gasteiger partial charge on any atom is 0.161 e. The molecule has 0 saturated carbocycles. The second-order valence-corrected chi connectivity index (χ2v) is 7.14. The van der Waals surface area contributed by atoms with Crippen LogP contribution >= 0.6 is 11.6 Å². The predicted molar refractivity (Wildman–Crippen MR) is 106 cm³/mol. The molecule has 5 heteroatoms. The number of carbonyl (C=O) groups is 1. The molecule has 1 atom stereocenters. The zero-order valence-electron chi connectivity index (χ0n) is 14.7. The summed E-state index contributed by atoms with van der Waals surface area (Å²) in [6.45, 7) is 0. The van der Waals surface area contributed by atoms with E-state index in [0.29, 0.717) is 28.4 Å². The second kappa shape index (κ2) is 6.94. The molecule has 2 aliphatic rings. The van der Waals surface area contributed by atoms with Gasteiger partial charge in [-0.05, 0) is 42.7 Å². The highest BCUT2D eigenvalue weighted by Gasteiger charge is 2.40. The number of hydrogen-bond donors (Lipinski definition) is 1. The highest BCUT2D eigenvalue weighted by atomic mass is 35.5. The number of ketones is 1. The molecule has 0 aromatic heterocycles. The molecule has 27 heavy (non-hydrogen) atoms. The quantitative estimate of drug-likeness (QED) is 0.829. The number of hydrogen-bond acceptors (Lipinski definition) is 4. The fraction of sp³-hybridized carbons (Fsp3) is 0.182. The Morgan fingerprint density at radius 1 is 1.07 bits per heavy atom. The van der Waals surface area contributed by atoms with E-state index in [1.54, 1.807) is 12.1 Å². The zero-order valence-corrected chi connectivity index (χ0v) is 15.4. The minimum atomic E-state index is -0.449. The lowest BCUT2D eigenvalue weighted by atomic mass is 9.75. The molecule has 134 valence electrons. The Morgan fingerprint density at radius 3 is 2.44 bits per heavy atom. The van der Waals surface area contributed by atoms with Crippen LogP contribution in [0.5, 0.6) is 0 Å². The van der Waals surface area contributed by atoms with Crippen LogP contribution in [0.4, 0.5) is 5.69 Å². The molecule has 2 N–H and O–H groups in total. The summed E-state index contributed by atoms with van der Waals surface area (Å²) >= 11 is 6.03. The molecule has 4 nitrogen and oxygen atoms in total. The van der Waals surface area contributed by atoms with Crippen LogP contribution in [0.2, 0.25) is 5.02 Å². The van der Waals surface area contributed by atoms with Crippen LogP contribution in [0.15, 0.2) is 77.3 Å². The summed E-state index contributed by atoms with van der Waals surface area (Å²) in [5.74, 6) is 0.0181. The Morgan fingerprint density at radius 2 is 1.78 bits per heavy atom. The van der Waals surface area contributed by atoms with Gasteiger partial charge in [-0.2, -0.15) is 5.26 Å². The summed E-state index contributed by atoms with van der Waals surface area (Å²) in [6, 6.07) is 19.2. The number of para-hydroxylation sites is 1. The number of nitriles is 1. The monoisotopic (exact) mass is 375 g/mol. The lowest BCUT2D eigenvalue weighted by Crippen LogP contribution is -2.38. The van der Waals surface area contributed by atoms with E-state index in [1.165, 1.54) is 0 Å². The van der Waals surface area contributed by atoms with Gasteiger partial charge < -0.3 is 5.73 Å². The first-order valence-electron chi connectivity index (χ1n) is 8.88. The van der Waals surface area contributed by atoms with Gasteiger partial charge in [0.15, 0.2) is 5.78 Å². The van der Waals surface area contributed by atoms with E-state index in [9.17, 15) is 10.1 Å². The number of halogens is 1. The van der Waals surface area contributed by atoms with Gasteiger partial charge in [0.25, 0.3) is 0 Å². The van der Waals surface area contributed by atoms with Crippen LogP contribution < -0.4 is 10.6 Å². The lowest BCUT2D eigenvalue weighted by Gasteiger charge is -2.39. The molecule has 0 radical (unpaired) electrons. The van der Waals surface area contributed by atoms with E-state index in [0.717, 1.165) is 29.8 Å². The fourth-order valence-electron chi connectivity index (χ4n) is 3.95. The first-order chi connectivity index (χ1) is 13.1. The summed E-state index contributed by atoms with van der Waals surface area (Å²) < 4.78 is 0. The van der Waals surface area contributed by atoms with Crippen molar-refractivity contribution in [3.63, 3.8) is 0 Å². The molecule has 0 bridgehead atoms. The normalized spacial score (nSPS) is 19.8. The number of nitrogens with zero attached hydrogens (tertiary/aromatic N) is 2. The molecule has 2 aromatic carbocycles. The fourth-order valence-corrected chi connectivity index (χ4v) is 4.07. The lowest BCUT2D eigenvalue weighted by molar-refractivity contribution is -0.116. The number of rotatable bonds is 2. The molecule has 1 aliphatic carbocycles. The molecular formula is C22H18ClN3O. The Kier molecular flexibility index (Phi) is 4.47. The predicted octanol–water partition coefficient (Wildman–Crippen LogP) is 4.64. The van der Waals surface area contributed by atoms with Crippen LogP contribution in [-0.2, 0) is 4.79 Å². The molecule has 1 heterocycles. The minimum Gasteiger partial charge on any atom is -0.384 e. The van der Waals surface area contributed by atoms with Gasteiger partial charge in [-0.3, -0.25) is 9.69 Å². The number of carbonyl (C=O) groups excluding carboxylic acids is 1. The van der Waals surface area contributed by atoms with Crippen molar-refractivity contribution >= 4 is 23.1 Å². The highest BCUT2D eigenvalue weighted by molar-refractivity contribution is 6.30. The standard InChI is InChI=1S/C22H18ClN3O/c23-15-11-9-14(10-12-15)20-17(13-24)22(25)26(16-5-2-1-3-6-16)18-7-4-8-19(27)21(18)20/h1-3,5-6,9-12,20H,4,7-8,25H2/t20-/m0/s1. The summed E-state index contributed by atoms with van der Waals surface area (Å²) in [7, 11) is 0. The number of anilines is 1. The van der Waals surface area contributed by atoms with Gasteiger partial charge in [0, 0.05) is 28.4 Å². The number of Topliss-reactive ketones (excluding diaryl/α,β-unsaturated/α-hetero) is 1. The molecule has 2 aromatic rings. The highest BCUT2D eigenvalue weighted by Crippen LogP contribution is 2.46. The van der Waals surface area contributed by atoms with Crippen LogP contribution in [0.1, 0.15) is 30.7 Å². The first kappa shape index (κ1) is 17.4. The van der Waals surface area contributed by atoms with Crippen molar-refractivity contribution in [3.8, 4) is 6.07 Å². The van der Waals surface area contributed by atoms with E-state index in [4.69, 9.17) is 17.3 Å². The van der Waals surface area contributed by atoms with E-state index in [2.05, 4.69) is 6.07 Å². The van der Waals surface area contributed by atoms with Gasteiger partial charge in [-0.15, -0.1) is 0 Å². The third-order valence-electron chi connectivity index (χ3n) is 5.13. The average molecular weight is 376 g/mol. The SMILES string of the molecule is N#CC1=C(N)N(c2ccccc2)C2=C(C(=O)CCC2)[C@H]1c1ccc(Cl)cc1. The van der Waals surface area contributed by atoms with Crippen LogP contribution in [-0.4, -0.2) is 5.78 Å². The summed E-state index contributed by atoms with van der Waals surface area (Å²) in [5.41, 5.74) is 10.2. The van der Waals surface area contributed by atoms with Crippen molar-refractivity contribution in [2.45, 2.75) is 25.2 Å². The minimum absolute atomic E-state index is 0.0809. The second-order valence-electron chi connectivity index (χ2n) is 6.70. The third kappa shape index (κ3) is 2.90. The van der Waals surface area contributed by atoms with Crippen LogP contribution in [0.3, 0.4) is 0 Å². The Bertz CT molecular complexity index is 1000. The molecule has 0 unspecified atom stereocenters.